The van der Waals surface area contributed by atoms with Gasteiger partial charge in [0.25, 0.3) is 0 Å². The summed E-state index contributed by atoms with van der Waals surface area (Å²) < 4.78 is 14.2. The smallest absolute Gasteiger partial charge is 0.165 e. The zero-order chi connectivity index (χ0) is 24.1. The molecule has 2 saturated heterocycles. The summed E-state index contributed by atoms with van der Waals surface area (Å²) in [5.74, 6) is 1.10. The maximum atomic E-state index is 14.2. The van der Waals surface area contributed by atoms with Crippen LogP contribution >= 0.6 is 0 Å². The molecule has 4 N–H and O–H groups in total. The predicted molar refractivity (Wildman–Crippen MR) is 134 cm³/mol. The molecule has 4 heterocycles. The van der Waals surface area contributed by atoms with Gasteiger partial charge in [-0.15, -0.1) is 0 Å². The lowest BCUT2D eigenvalue weighted by Gasteiger charge is -2.38. The summed E-state index contributed by atoms with van der Waals surface area (Å²) in [6.07, 6.45) is 7.42. The largest absolute Gasteiger partial charge is 0.505 e. The van der Waals surface area contributed by atoms with E-state index in [2.05, 4.69) is 39.6 Å². The zero-order valence-electron chi connectivity index (χ0n) is 21.0. The van der Waals surface area contributed by atoms with Gasteiger partial charge in [0.05, 0.1) is 17.4 Å². The molecule has 35 heavy (non-hydrogen) atoms. The Balaban J connectivity index is 1.13. The highest BCUT2D eigenvalue weighted by Gasteiger charge is 2.43. The van der Waals surface area contributed by atoms with Crippen LogP contribution in [-0.4, -0.2) is 63.6 Å². The number of benzene rings is 1. The van der Waals surface area contributed by atoms with E-state index in [1.165, 1.54) is 37.3 Å². The van der Waals surface area contributed by atoms with Gasteiger partial charge in [0.15, 0.2) is 11.6 Å². The maximum Gasteiger partial charge on any atom is 0.165 e. The molecule has 3 fully saturated rings. The van der Waals surface area contributed by atoms with Crippen LogP contribution in [0.15, 0.2) is 12.1 Å². The van der Waals surface area contributed by atoms with E-state index in [0.29, 0.717) is 23.9 Å². The molecule has 1 aromatic heterocycles. The van der Waals surface area contributed by atoms with E-state index in [4.69, 9.17) is 4.98 Å². The number of phenolic OH excluding ortho intramolecular Hbond substituents is 1. The first kappa shape index (κ1) is 23.4. The van der Waals surface area contributed by atoms with E-state index in [1.54, 1.807) is 12.1 Å². The number of hydrazine groups is 1. The maximum absolute atomic E-state index is 14.2. The van der Waals surface area contributed by atoms with E-state index < -0.39 is 5.82 Å². The number of phenols is 1. The Hall–Kier alpha value is -2.00. The van der Waals surface area contributed by atoms with E-state index >= 15 is 0 Å². The number of rotatable bonds is 4. The van der Waals surface area contributed by atoms with E-state index in [-0.39, 0.29) is 11.8 Å². The monoisotopic (exact) mass is 482 g/mol. The molecule has 1 aromatic carbocycles. The zero-order valence-corrected chi connectivity index (χ0v) is 21.0. The number of hydrogen-bond donors (Lipinski definition) is 4. The van der Waals surface area contributed by atoms with Crippen molar-refractivity contribution in [3.63, 3.8) is 0 Å². The minimum absolute atomic E-state index is 0.186. The highest BCUT2D eigenvalue weighted by molar-refractivity contribution is 5.39. The van der Waals surface area contributed by atoms with Crippen LogP contribution in [0.5, 0.6) is 5.75 Å². The molecule has 2 aromatic rings. The van der Waals surface area contributed by atoms with E-state index in [0.717, 1.165) is 62.1 Å². The SMILES string of the molecule is CCc1cc(O)c(F)cc1C1CCC2C(C1)NNC2c1nc2c([nH]1)CN(C1CCN(C)CC1)CC2. The van der Waals surface area contributed by atoms with Crippen LogP contribution in [0.4, 0.5) is 4.39 Å². The standard InChI is InChI=1S/C27H39FN6O/c1-3-16-13-25(35)21(28)14-20(16)17-4-5-19-23(12-17)31-32-26(19)27-29-22-8-11-34(15-24(22)30-27)18-6-9-33(2)10-7-18/h13-14,17-19,23,26,31-32,35H,3-12,15H2,1-2H3,(H,29,30). The van der Waals surface area contributed by atoms with Crippen LogP contribution in [-0.2, 0) is 19.4 Å². The van der Waals surface area contributed by atoms with Gasteiger partial charge in [0.1, 0.15) is 5.82 Å². The fraction of sp³-hybridized carbons (Fsp3) is 0.667. The van der Waals surface area contributed by atoms with Gasteiger partial charge in [-0.2, -0.15) is 0 Å². The summed E-state index contributed by atoms with van der Waals surface area (Å²) in [5.41, 5.74) is 11.8. The molecule has 190 valence electrons. The lowest BCUT2D eigenvalue weighted by atomic mass is 9.73. The lowest BCUT2D eigenvalue weighted by molar-refractivity contribution is 0.108. The molecule has 6 rings (SSSR count). The lowest BCUT2D eigenvalue weighted by Crippen LogP contribution is -2.45. The van der Waals surface area contributed by atoms with Crippen molar-refractivity contribution < 1.29 is 9.50 Å². The van der Waals surface area contributed by atoms with Crippen LogP contribution in [0.3, 0.4) is 0 Å². The number of hydrogen-bond acceptors (Lipinski definition) is 6. The van der Waals surface area contributed by atoms with Gasteiger partial charge in [-0.3, -0.25) is 10.3 Å². The number of nitrogens with one attached hydrogen (secondary N) is 3. The number of likely N-dealkylation sites (tertiary alicyclic amines) is 1. The van der Waals surface area contributed by atoms with Crippen molar-refractivity contribution in [1.29, 1.82) is 0 Å². The predicted octanol–water partition coefficient (Wildman–Crippen LogP) is 3.37. The number of nitrogens with zero attached hydrogens (tertiary/aromatic N) is 3. The second-order valence-corrected chi connectivity index (χ2v) is 11.2. The number of H-pyrrole nitrogens is 1. The Bertz CT molecular complexity index is 1060. The molecule has 8 heteroatoms. The molecular weight excluding hydrogens is 443 g/mol. The summed E-state index contributed by atoms with van der Waals surface area (Å²) in [6, 6.07) is 4.39. The van der Waals surface area contributed by atoms with E-state index in [1.807, 2.05) is 0 Å². The number of aromatic hydroxyl groups is 1. The van der Waals surface area contributed by atoms with Gasteiger partial charge >= 0.3 is 0 Å². The summed E-state index contributed by atoms with van der Waals surface area (Å²) in [5, 5.41) is 9.82. The normalized spacial score (nSPS) is 30.4. The summed E-state index contributed by atoms with van der Waals surface area (Å²) in [6.45, 7) is 6.55. The van der Waals surface area contributed by atoms with Crippen molar-refractivity contribution in [3.8, 4) is 5.75 Å². The highest BCUT2D eigenvalue weighted by atomic mass is 19.1. The fourth-order valence-corrected chi connectivity index (χ4v) is 7.08. The first-order chi connectivity index (χ1) is 17.0. The second-order valence-electron chi connectivity index (χ2n) is 11.2. The minimum atomic E-state index is -0.509. The fourth-order valence-electron chi connectivity index (χ4n) is 7.08. The first-order valence-corrected chi connectivity index (χ1v) is 13.5. The second kappa shape index (κ2) is 9.47. The van der Waals surface area contributed by atoms with Gasteiger partial charge in [-0.25, -0.2) is 14.8 Å². The summed E-state index contributed by atoms with van der Waals surface area (Å²) in [4.78, 5) is 13.9. The average molecular weight is 483 g/mol. The topological polar surface area (TPSA) is 79.4 Å². The van der Waals surface area contributed by atoms with E-state index in [9.17, 15) is 9.50 Å². The number of piperidine rings is 1. The Kier molecular flexibility index (Phi) is 6.33. The molecule has 1 aliphatic carbocycles. The molecule has 4 aliphatic rings. The molecule has 0 amide bonds. The van der Waals surface area contributed by atoms with Crippen molar-refractivity contribution in [2.75, 3.05) is 26.7 Å². The van der Waals surface area contributed by atoms with Crippen molar-refractivity contribution in [2.45, 2.75) is 82.5 Å². The third-order valence-corrected chi connectivity index (χ3v) is 9.16. The van der Waals surface area contributed by atoms with Gasteiger partial charge < -0.3 is 15.0 Å². The first-order valence-electron chi connectivity index (χ1n) is 13.5. The number of aryl methyl sites for hydroxylation is 1. The molecule has 3 aliphatic heterocycles. The number of aromatic nitrogens is 2. The third kappa shape index (κ3) is 4.39. The van der Waals surface area contributed by atoms with Gasteiger partial charge in [-0.05, 0) is 93.8 Å². The third-order valence-electron chi connectivity index (χ3n) is 9.16. The molecule has 1 saturated carbocycles. The number of fused-ring (bicyclic) bond motifs is 2. The molecule has 0 radical (unpaired) electrons. The molecule has 4 atom stereocenters. The van der Waals surface area contributed by atoms with Gasteiger partial charge in [-0.1, -0.05) is 6.92 Å². The molecule has 0 spiro atoms. The molecular formula is C27H39FN6O. The van der Waals surface area contributed by atoms with Crippen molar-refractivity contribution >= 4 is 0 Å². The Morgan fingerprint density at radius 1 is 1.11 bits per heavy atom. The Morgan fingerprint density at radius 2 is 1.94 bits per heavy atom. The van der Waals surface area contributed by atoms with Crippen LogP contribution in [0, 0.1) is 11.7 Å². The highest BCUT2D eigenvalue weighted by Crippen LogP contribution is 2.44. The van der Waals surface area contributed by atoms with Gasteiger partial charge in [0.2, 0.25) is 0 Å². The minimum Gasteiger partial charge on any atom is -0.505 e. The number of halogens is 1. The molecule has 7 nitrogen and oxygen atoms in total. The summed E-state index contributed by atoms with van der Waals surface area (Å²) >= 11 is 0. The van der Waals surface area contributed by atoms with Crippen molar-refractivity contribution in [3.05, 3.63) is 46.3 Å². The van der Waals surface area contributed by atoms with Crippen molar-refractivity contribution in [2.24, 2.45) is 5.92 Å². The quantitative estimate of drug-likeness (QED) is 0.535. The van der Waals surface area contributed by atoms with Crippen LogP contribution in [0.1, 0.15) is 79.3 Å². The van der Waals surface area contributed by atoms with Crippen LogP contribution < -0.4 is 10.9 Å². The Labute approximate surface area is 207 Å². The Morgan fingerprint density at radius 3 is 2.74 bits per heavy atom. The number of aromatic amines is 1. The summed E-state index contributed by atoms with van der Waals surface area (Å²) in [7, 11) is 2.22. The van der Waals surface area contributed by atoms with Gasteiger partial charge in [0, 0.05) is 31.6 Å². The van der Waals surface area contributed by atoms with Crippen LogP contribution in [0.2, 0.25) is 0 Å². The molecule has 0 bridgehead atoms. The molecule has 4 unspecified atom stereocenters. The average Bonchev–Trinajstić information content (AvgIpc) is 3.48. The van der Waals surface area contributed by atoms with Crippen LogP contribution in [0.25, 0.3) is 0 Å². The number of imidazole rings is 1. The van der Waals surface area contributed by atoms with Crippen molar-refractivity contribution in [1.82, 2.24) is 30.6 Å².